The summed E-state index contributed by atoms with van der Waals surface area (Å²) in [6, 6.07) is 6.76. The first-order valence-electron chi connectivity index (χ1n) is 7.35. The van der Waals surface area contributed by atoms with Gasteiger partial charge in [-0.3, -0.25) is 4.90 Å². The molecule has 130 valence electrons. The smallest absolute Gasteiger partial charge is 0.422 e. The molecule has 1 aliphatic rings. The SMILES string of the molecule is FC(F)(F)COc1cccc(CN2CCSC[C@@H]2c2nn[nH]n2)c1. The topological polar surface area (TPSA) is 66.9 Å². The normalized spacial score (nSPS) is 19.4. The van der Waals surface area contributed by atoms with Crippen molar-refractivity contribution in [3.8, 4) is 5.75 Å². The quantitative estimate of drug-likeness (QED) is 0.884. The zero-order chi connectivity index (χ0) is 17.0. The van der Waals surface area contributed by atoms with Gasteiger partial charge in [-0.2, -0.15) is 30.1 Å². The molecule has 10 heteroatoms. The van der Waals surface area contributed by atoms with Crippen molar-refractivity contribution in [1.29, 1.82) is 0 Å². The Kier molecular flexibility index (Phi) is 5.24. The van der Waals surface area contributed by atoms with E-state index >= 15 is 0 Å². The number of H-pyrrole nitrogens is 1. The minimum Gasteiger partial charge on any atom is -0.484 e. The van der Waals surface area contributed by atoms with Crippen LogP contribution in [0.2, 0.25) is 0 Å². The van der Waals surface area contributed by atoms with Gasteiger partial charge in [0.1, 0.15) is 5.75 Å². The van der Waals surface area contributed by atoms with Gasteiger partial charge < -0.3 is 4.74 Å². The summed E-state index contributed by atoms with van der Waals surface area (Å²) in [6.07, 6.45) is -4.34. The minimum atomic E-state index is -4.34. The second-order valence-electron chi connectivity index (χ2n) is 5.38. The molecular weight excluding hydrogens is 343 g/mol. The van der Waals surface area contributed by atoms with Crippen molar-refractivity contribution < 1.29 is 17.9 Å². The fraction of sp³-hybridized carbons (Fsp3) is 0.500. The summed E-state index contributed by atoms with van der Waals surface area (Å²) in [7, 11) is 0. The number of aromatic nitrogens is 4. The number of halogens is 3. The number of hydrogen-bond acceptors (Lipinski definition) is 6. The first kappa shape index (κ1) is 17.0. The van der Waals surface area contributed by atoms with Gasteiger partial charge in [-0.15, -0.1) is 10.2 Å². The summed E-state index contributed by atoms with van der Waals surface area (Å²) in [5.41, 5.74) is 0.884. The number of hydrogen-bond donors (Lipinski definition) is 1. The molecule has 0 radical (unpaired) electrons. The van der Waals surface area contributed by atoms with Gasteiger partial charge in [0.05, 0.1) is 6.04 Å². The Morgan fingerprint density at radius 1 is 1.38 bits per heavy atom. The molecule has 1 fully saturated rings. The monoisotopic (exact) mass is 359 g/mol. The van der Waals surface area contributed by atoms with E-state index in [1.807, 2.05) is 17.8 Å². The maximum atomic E-state index is 12.3. The molecule has 2 heterocycles. The second kappa shape index (κ2) is 7.39. The second-order valence-corrected chi connectivity index (χ2v) is 6.53. The summed E-state index contributed by atoms with van der Waals surface area (Å²) >= 11 is 1.82. The average Bonchev–Trinajstić information content (AvgIpc) is 3.08. The van der Waals surface area contributed by atoms with Crippen molar-refractivity contribution in [3.05, 3.63) is 35.7 Å². The van der Waals surface area contributed by atoms with Crippen LogP contribution in [0.25, 0.3) is 0 Å². The Labute approximate surface area is 140 Å². The van der Waals surface area contributed by atoms with Gasteiger partial charge in [0.2, 0.25) is 0 Å². The lowest BCUT2D eigenvalue weighted by molar-refractivity contribution is -0.153. The number of thioether (sulfide) groups is 1. The van der Waals surface area contributed by atoms with Gasteiger partial charge in [-0.1, -0.05) is 17.3 Å². The van der Waals surface area contributed by atoms with Crippen molar-refractivity contribution in [2.45, 2.75) is 18.8 Å². The van der Waals surface area contributed by atoms with Gasteiger partial charge in [0.25, 0.3) is 0 Å². The molecule has 1 atom stereocenters. The van der Waals surface area contributed by atoms with Crippen molar-refractivity contribution in [3.63, 3.8) is 0 Å². The highest BCUT2D eigenvalue weighted by Crippen LogP contribution is 2.29. The maximum Gasteiger partial charge on any atom is 0.422 e. The molecule has 0 bridgehead atoms. The van der Waals surface area contributed by atoms with Gasteiger partial charge in [0.15, 0.2) is 12.4 Å². The van der Waals surface area contributed by atoms with Crippen LogP contribution in [0.4, 0.5) is 13.2 Å². The number of alkyl halides is 3. The number of ether oxygens (including phenoxy) is 1. The molecule has 0 unspecified atom stereocenters. The average molecular weight is 359 g/mol. The number of rotatable bonds is 5. The lowest BCUT2D eigenvalue weighted by Crippen LogP contribution is -2.36. The highest BCUT2D eigenvalue weighted by Gasteiger charge is 2.29. The zero-order valence-electron chi connectivity index (χ0n) is 12.7. The number of benzene rings is 1. The molecule has 0 amide bonds. The molecule has 3 rings (SSSR count). The van der Waals surface area contributed by atoms with Crippen LogP contribution in [0.5, 0.6) is 5.75 Å². The van der Waals surface area contributed by atoms with Crippen molar-refractivity contribution in [2.75, 3.05) is 24.7 Å². The van der Waals surface area contributed by atoms with Crippen LogP contribution in [-0.2, 0) is 6.54 Å². The number of nitrogens with zero attached hydrogens (tertiary/aromatic N) is 4. The van der Waals surface area contributed by atoms with Crippen molar-refractivity contribution in [1.82, 2.24) is 25.5 Å². The third-order valence-corrected chi connectivity index (χ3v) is 4.61. The summed E-state index contributed by atoms with van der Waals surface area (Å²) in [4.78, 5) is 2.20. The molecule has 1 aromatic heterocycles. The molecule has 2 aromatic rings. The van der Waals surface area contributed by atoms with Crippen molar-refractivity contribution in [2.24, 2.45) is 0 Å². The highest BCUT2D eigenvalue weighted by atomic mass is 32.2. The Balaban J connectivity index is 1.68. The number of tetrazole rings is 1. The molecule has 1 saturated heterocycles. The maximum absolute atomic E-state index is 12.3. The van der Waals surface area contributed by atoms with E-state index in [1.165, 1.54) is 6.07 Å². The highest BCUT2D eigenvalue weighted by molar-refractivity contribution is 7.99. The molecule has 0 spiro atoms. The number of aromatic amines is 1. The Bertz CT molecular complexity index is 652. The fourth-order valence-electron chi connectivity index (χ4n) is 2.51. The lowest BCUT2D eigenvalue weighted by Gasteiger charge is -2.33. The number of nitrogens with one attached hydrogen (secondary N) is 1. The molecule has 6 nitrogen and oxygen atoms in total. The van der Waals surface area contributed by atoms with Crippen LogP contribution in [0.3, 0.4) is 0 Å². The largest absolute Gasteiger partial charge is 0.484 e. The predicted molar refractivity (Wildman–Crippen MR) is 82.6 cm³/mol. The first-order valence-corrected chi connectivity index (χ1v) is 8.50. The Morgan fingerprint density at radius 3 is 3.00 bits per heavy atom. The van der Waals surface area contributed by atoms with Crippen molar-refractivity contribution >= 4 is 11.8 Å². The third-order valence-electron chi connectivity index (χ3n) is 3.59. The van der Waals surface area contributed by atoms with E-state index < -0.39 is 12.8 Å². The minimum absolute atomic E-state index is 0.0299. The summed E-state index contributed by atoms with van der Waals surface area (Å²) in [6.45, 7) is 0.142. The molecule has 24 heavy (non-hydrogen) atoms. The van der Waals surface area contributed by atoms with Crippen LogP contribution >= 0.6 is 11.8 Å². The van der Waals surface area contributed by atoms with Gasteiger partial charge >= 0.3 is 6.18 Å². The summed E-state index contributed by atoms with van der Waals surface area (Å²) in [5, 5.41) is 14.2. The van der Waals surface area contributed by atoms with E-state index in [0.29, 0.717) is 12.4 Å². The Morgan fingerprint density at radius 2 is 2.25 bits per heavy atom. The van der Waals surface area contributed by atoms with E-state index in [9.17, 15) is 13.2 Å². The van der Waals surface area contributed by atoms with E-state index in [0.717, 1.165) is 23.6 Å². The molecule has 0 aliphatic carbocycles. The first-order chi connectivity index (χ1) is 11.5. The van der Waals surface area contributed by atoms with Crippen LogP contribution < -0.4 is 4.74 Å². The molecule has 1 aromatic carbocycles. The van der Waals surface area contributed by atoms with Gasteiger partial charge in [-0.05, 0) is 17.7 Å². The van der Waals surface area contributed by atoms with Crippen LogP contribution in [0, 0.1) is 0 Å². The predicted octanol–water partition coefficient (Wildman–Crippen LogP) is 2.43. The van der Waals surface area contributed by atoms with Crippen LogP contribution in [-0.4, -0.2) is 56.4 Å². The van der Waals surface area contributed by atoms with Crippen LogP contribution in [0.15, 0.2) is 24.3 Å². The summed E-state index contributed by atoms with van der Waals surface area (Å²) in [5.74, 6) is 2.68. The van der Waals surface area contributed by atoms with E-state index in [-0.39, 0.29) is 11.8 Å². The molecular formula is C14H16F3N5OS. The van der Waals surface area contributed by atoms with E-state index in [1.54, 1.807) is 12.1 Å². The van der Waals surface area contributed by atoms with Gasteiger partial charge in [0, 0.05) is 24.6 Å². The Hall–Kier alpha value is -1.81. The van der Waals surface area contributed by atoms with Crippen LogP contribution in [0.1, 0.15) is 17.4 Å². The fourth-order valence-corrected chi connectivity index (χ4v) is 3.62. The van der Waals surface area contributed by atoms with E-state index in [4.69, 9.17) is 4.74 Å². The summed E-state index contributed by atoms with van der Waals surface area (Å²) < 4.78 is 41.6. The standard InChI is InChI=1S/C14H16F3N5OS/c15-14(16,17)9-23-11-3-1-2-10(6-11)7-22-4-5-24-8-12(22)13-18-20-21-19-13/h1-3,6,12H,4-5,7-9H2,(H,18,19,20,21)/t12-/m1/s1. The van der Waals surface area contributed by atoms with Gasteiger partial charge in [-0.25, -0.2) is 0 Å². The molecule has 1 aliphatic heterocycles. The molecule has 1 N–H and O–H groups in total. The third kappa shape index (κ3) is 4.60. The van der Waals surface area contributed by atoms with E-state index in [2.05, 4.69) is 25.5 Å². The molecule has 0 saturated carbocycles. The lowest BCUT2D eigenvalue weighted by atomic mass is 10.1. The zero-order valence-corrected chi connectivity index (χ0v) is 13.5.